The van der Waals surface area contributed by atoms with Gasteiger partial charge in [0.2, 0.25) is 0 Å². The second kappa shape index (κ2) is 4.66. The smallest absolute Gasteiger partial charge is 0.0889 e. The van der Waals surface area contributed by atoms with E-state index in [-0.39, 0.29) is 6.10 Å². The Morgan fingerprint density at radius 3 is 2.86 bits per heavy atom. The first-order valence-electron chi connectivity index (χ1n) is 8.57. The Kier molecular flexibility index (Phi) is 3.10. The van der Waals surface area contributed by atoms with Gasteiger partial charge in [-0.05, 0) is 57.4 Å². The average molecular weight is 289 g/mol. The van der Waals surface area contributed by atoms with E-state index in [1.54, 1.807) is 0 Å². The highest BCUT2D eigenvalue weighted by atomic mass is 16.5. The van der Waals surface area contributed by atoms with E-state index in [4.69, 9.17) is 14.5 Å². The first-order chi connectivity index (χ1) is 10.1. The molecule has 0 bridgehead atoms. The maximum Gasteiger partial charge on any atom is 0.0889 e. The maximum atomic E-state index is 6.28. The van der Waals surface area contributed by atoms with E-state index < -0.39 is 0 Å². The van der Waals surface area contributed by atoms with Crippen LogP contribution in [0.5, 0.6) is 0 Å². The monoisotopic (exact) mass is 289 g/mol. The van der Waals surface area contributed by atoms with Gasteiger partial charge in [0.05, 0.1) is 24.9 Å². The van der Waals surface area contributed by atoms with Gasteiger partial charge in [0.15, 0.2) is 0 Å². The molecule has 116 valence electrons. The molecule has 0 aromatic rings. The Bertz CT molecular complexity index is 495. The van der Waals surface area contributed by atoms with Crippen LogP contribution in [0.1, 0.15) is 40.0 Å². The van der Waals surface area contributed by atoms with Crippen LogP contribution in [0, 0.1) is 23.2 Å². The Morgan fingerprint density at radius 1 is 1.48 bits per heavy atom. The summed E-state index contributed by atoms with van der Waals surface area (Å²) in [4.78, 5) is 5.07. The van der Waals surface area contributed by atoms with Gasteiger partial charge >= 0.3 is 0 Å². The van der Waals surface area contributed by atoms with Crippen molar-refractivity contribution in [3.8, 4) is 0 Å². The molecule has 0 N–H and O–H groups in total. The normalized spacial score (nSPS) is 44.4. The van der Waals surface area contributed by atoms with Gasteiger partial charge in [-0.1, -0.05) is 6.58 Å². The molecule has 4 rings (SSSR count). The highest BCUT2D eigenvalue weighted by molar-refractivity contribution is 6.04. The molecular weight excluding hydrogens is 262 g/mol. The van der Waals surface area contributed by atoms with Crippen LogP contribution in [-0.4, -0.2) is 37.2 Å². The summed E-state index contributed by atoms with van der Waals surface area (Å²) in [5.41, 5.74) is 2.86. The van der Waals surface area contributed by atoms with Crippen LogP contribution in [0.2, 0.25) is 0 Å². The van der Waals surface area contributed by atoms with Crippen molar-refractivity contribution in [3.63, 3.8) is 0 Å². The highest BCUT2D eigenvalue weighted by Crippen LogP contribution is 2.76. The highest BCUT2D eigenvalue weighted by Gasteiger charge is 2.81. The number of aliphatic imine (C=N–C) groups is 1. The third-order valence-electron chi connectivity index (χ3n) is 5.93. The van der Waals surface area contributed by atoms with Gasteiger partial charge in [0.25, 0.3) is 0 Å². The van der Waals surface area contributed by atoms with Crippen LogP contribution in [0.4, 0.5) is 0 Å². The Morgan fingerprint density at radius 2 is 2.24 bits per heavy atom. The lowest BCUT2D eigenvalue weighted by molar-refractivity contribution is -0.0204. The van der Waals surface area contributed by atoms with Gasteiger partial charge in [-0.15, -0.1) is 0 Å². The summed E-state index contributed by atoms with van der Waals surface area (Å²) in [6.45, 7) is 11.8. The quantitative estimate of drug-likeness (QED) is 0.720. The number of fused-ring (bicyclic) bond motifs is 3. The van der Waals surface area contributed by atoms with Crippen molar-refractivity contribution in [2.45, 2.75) is 58.3 Å². The zero-order valence-electron chi connectivity index (χ0n) is 13.5. The average Bonchev–Trinajstić information content (AvgIpc) is 3.31. The van der Waals surface area contributed by atoms with Crippen LogP contribution in [0.25, 0.3) is 0 Å². The molecule has 3 unspecified atom stereocenters. The lowest BCUT2D eigenvalue weighted by Gasteiger charge is -2.21. The van der Waals surface area contributed by atoms with Crippen LogP contribution >= 0.6 is 0 Å². The molecule has 0 amide bonds. The first kappa shape index (κ1) is 14.0. The molecular formula is C18H27NO2. The standard InChI is InChI=1S/C18H27NO2/c1-5-20-11(4)9-21-17-16-18(17,12-6-7-12)14-8-13(14)15(19-16)10(2)3/h11-14,16-17H,2,5-9H2,1,3-4H3/t11-,13-,14?,16?,17?,18-/m1/s1. The van der Waals surface area contributed by atoms with E-state index in [1.807, 2.05) is 6.92 Å². The predicted octanol–water partition coefficient (Wildman–Crippen LogP) is 3.24. The predicted molar refractivity (Wildman–Crippen MR) is 83.6 cm³/mol. The topological polar surface area (TPSA) is 30.8 Å². The van der Waals surface area contributed by atoms with E-state index in [0.717, 1.165) is 18.4 Å². The van der Waals surface area contributed by atoms with Crippen LogP contribution in [0.3, 0.4) is 0 Å². The zero-order valence-corrected chi connectivity index (χ0v) is 13.5. The summed E-state index contributed by atoms with van der Waals surface area (Å²) in [5, 5.41) is 0. The minimum atomic E-state index is 0.188. The number of ether oxygens (including phenoxy) is 2. The summed E-state index contributed by atoms with van der Waals surface area (Å²) in [6, 6.07) is 0.411. The molecule has 4 aliphatic rings. The fourth-order valence-corrected chi connectivity index (χ4v) is 4.87. The Hall–Kier alpha value is -0.670. The summed E-state index contributed by atoms with van der Waals surface area (Å²) in [5.74, 6) is 2.39. The van der Waals surface area contributed by atoms with E-state index in [9.17, 15) is 0 Å². The van der Waals surface area contributed by atoms with Crippen LogP contribution < -0.4 is 0 Å². The lowest BCUT2D eigenvalue weighted by Crippen LogP contribution is -2.24. The molecule has 0 spiro atoms. The zero-order chi connectivity index (χ0) is 14.8. The Labute approximate surface area is 127 Å². The molecule has 3 fully saturated rings. The molecule has 0 saturated heterocycles. The molecule has 3 saturated carbocycles. The molecule has 0 aromatic heterocycles. The van der Waals surface area contributed by atoms with Crippen molar-refractivity contribution < 1.29 is 9.47 Å². The first-order valence-corrected chi connectivity index (χ1v) is 8.57. The van der Waals surface area contributed by atoms with Crippen molar-refractivity contribution >= 4 is 5.71 Å². The van der Waals surface area contributed by atoms with Gasteiger partial charge in [-0.3, -0.25) is 4.99 Å². The fraction of sp³-hybridized carbons (Fsp3) is 0.833. The van der Waals surface area contributed by atoms with E-state index >= 15 is 0 Å². The molecule has 0 aromatic carbocycles. The van der Waals surface area contributed by atoms with Gasteiger partial charge in [0, 0.05) is 23.7 Å². The second-order valence-electron chi connectivity index (χ2n) is 7.48. The molecule has 3 aliphatic carbocycles. The molecule has 3 heteroatoms. The van der Waals surface area contributed by atoms with Crippen molar-refractivity contribution in [1.82, 2.24) is 0 Å². The van der Waals surface area contributed by atoms with Gasteiger partial charge in [-0.2, -0.15) is 0 Å². The van der Waals surface area contributed by atoms with Crippen molar-refractivity contribution in [2.24, 2.45) is 28.2 Å². The summed E-state index contributed by atoms with van der Waals surface area (Å²) < 4.78 is 11.9. The number of rotatable bonds is 7. The number of nitrogens with zero attached hydrogens (tertiary/aromatic N) is 1. The lowest BCUT2D eigenvalue weighted by atomic mass is 9.88. The minimum Gasteiger partial charge on any atom is -0.376 e. The van der Waals surface area contributed by atoms with Crippen molar-refractivity contribution in [1.29, 1.82) is 0 Å². The van der Waals surface area contributed by atoms with Gasteiger partial charge < -0.3 is 9.47 Å². The van der Waals surface area contributed by atoms with Gasteiger partial charge in [-0.25, -0.2) is 0 Å². The van der Waals surface area contributed by atoms with Crippen LogP contribution in [-0.2, 0) is 9.47 Å². The van der Waals surface area contributed by atoms with E-state index in [1.165, 1.54) is 30.5 Å². The number of hydrogen-bond donors (Lipinski definition) is 0. The summed E-state index contributed by atoms with van der Waals surface area (Å²) in [6.07, 6.45) is 4.63. The van der Waals surface area contributed by atoms with Gasteiger partial charge in [0.1, 0.15) is 0 Å². The number of allylic oxidation sites excluding steroid dienone is 1. The van der Waals surface area contributed by atoms with E-state index in [0.29, 0.717) is 30.1 Å². The minimum absolute atomic E-state index is 0.188. The molecule has 3 nitrogen and oxygen atoms in total. The third kappa shape index (κ3) is 1.97. The maximum absolute atomic E-state index is 6.28. The fourth-order valence-electron chi connectivity index (χ4n) is 4.87. The SMILES string of the molecule is C=C(C)C1=NC2C(OC[C@@H](C)OCC)[C@]2(C2CC2)C2C[C@@H]12. The van der Waals surface area contributed by atoms with Crippen molar-refractivity contribution in [3.05, 3.63) is 12.2 Å². The molecule has 6 atom stereocenters. The third-order valence-corrected chi connectivity index (χ3v) is 5.93. The van der Waals surface area contributed by atoms with E-state index in [2.05, 4.69) is 20.4 Å². The molecule has 21 heavy (non-hydrogen) atoms. The summed E-state index contributed by atoms with van der Waals surface area (Å²) >= 11 is 0. The largest absolute Gasteiger partial charge is 0.376 e. The molecule has 0 radical (unpaired) electrons. The second-order valence-corrected chi connectivity index (χ2v) is 7.48. The number of hydrogen-bond acceptors (Lipinski definition) is 3. The van der Waals surface area contributed by atoms with Crippen LogP contribution in [0.15, 0.2) is 17.1 Å². The summed E-state index contributed by atoms with van der Waals surface area (Å²) in [7, 11) is 0. The Balaban J connectivity index is 1.50. The molecule has 1 heterocycles. The molecule has 1 aliphatic heterocycles. The van der Waals surface area contributed by atoms with Crippen molar-refractivity contribution in [2.75, 3.05) is 13.2 Å².